The van der Waals surface area contributed by atoms with Crippen molar-refractivity contribution in [1.82, 2.24) is 9.96 Å². The summed E-state index contributed by atoms with van der Waals surface area (Å²) in [5, 5.41) is 15.2. The second kappa shape index (κ2) is 11.3. The highest BCUT2D eigenvalue weighted by Crippen LogP contribution is 2.38. The molecule has 7 nitrogen and oxygen atoms in total. The molecule has 0 spiro atoms. The Balaban J connectivity index is 1.89. The molecular formula is C25H32Cl2N4O3. The number of carbonyl (C=O) groups excluding carboxylic acids is 2. The number of urea groups is 2. The third kappa shape index (κ3) is 5.77. The number of benzene rings is 2. The number of hydrogen-bond donors (Lipinski definition) is 2. The zero-order valence-corrected chi connectivity index (χ0v) is 21.3. The van der Waals surface area contributed by atoms with Gasteiger partial charge in [0.05, 0.1) is 5.54 Å². The van der Waals surface area contributed by atoms with Crippen molar-refractivity contribution in [3.63, 3.8) is 0 Å². The molecule has 1 saturated heterocycles. The van der Waals surface area contributed by atoms with Gasteiger partial charge in [-0.1, -0.05) is 67.9 Å². The number of unbranched alkanes of at least 4 members (excludes halogenated alkanes) is 4. The molecule has 184 valence electrons. The van der Waals surface area contributed by atoms with E-state index in [0.717, 1.165) is 32.1 Å². The van der Waals surface area contributed by atoms with Gasteiger partial charge in [-0.3, -0.25) is 10.1 Å². The maximum atomic E-state index is 13.6. The average Bonchev–Trinajstić information content (AvgIpc) is 2.98. The van der Waals surface area contributed by atoms with Gasteiger partial charge in [-0.2, -0.15) is 5.06 Å². The lowest BCUT2D eigenvalue weighted by Crippen LogP contribution is -2.58. The van der Waals surface area contributed by atoms with E-state index < -0.39 is 17.7 Å². The van der Waals surface area contributed by atoms with Gasteiger partial charge in [-0.25, -0.2) is 9.59 Å². The van der Waals surface area contributed by atoms with Crippen LogP contribution in [0.15, 0.2) is 48.5 Å². The van der Waals surface area contributed by atoms with E-state index in [-0.39, 0.29) is 6.03 Å². The molecule has 9 heteroatoms. The van der Waals surface area contributed by atoms with Crippen molar-refractivity contribution in [1.29, 1.82) is 0 Å². The van der Waals surface area contributed by atoms with E-state index in [1.165, 1.54) is 4.90 Å². The summed E-state index contributed by atoms with van der Waals surface area (Å²) in [7, 11) is 0. The largest absolute Gasteiger partial charge is 0.347 e. The molecule has 1 unspecified atom stereocenters. The van der Waals surface area contributed by atoms with Crippen LogP contribution in [0.4, 0.5) is 21.0 Å². The van der Waals surface area contributed by atoms with Crippen LogP contribution in [0.3, 0.4) is 0 Å². The SMILES string of the molecule is CCCCCCCN1C(=O)N(c2cccc(Cl)c2)C(N(O)C(=O)Nc2cccc(Cl)c2)C1(C)C. The maximum Gasteiger partial charge on any atom is 0.347 e. The standard InChI is InChI=1S/C25H32Cl2N4O3/c1-4-5-6-7-8-15-29-24(33)30(21-14-10-12-19(27)17-21)22(25(29,2)3)31(34)23(32)28-20-13-9-11-18(26)16-20/h9-14,16-17,22,34H,4-8,15H2,1-3H3,(H,28,32). The van der Waals surface area contributed by atoms with Crippen molar-refractivity contribution in [3.8, 4) is 0 Å². The van der Waals surface area contributed by atoms with E-state index >= 15 is 0 Å². The van der Waals surface area contributed by atoms with E-state index in [1.807, 2.05) is 13.8 Å². The number of hydroxylamine groups is 2. The molecule has 0 radical (unpaired) electrons. The summed E-state index contributed by atoms with van der Waals surface area (Å²) in [5.74, 6) is 0. The summed E-state index contributed by atoms with van der Waals surface area (Å²) in [6.07, 6.45) is 4.25. The average molecular weight is 507 g/mol. The molecule has 0 bridgehead atoms. The Hall–Kier alpha value is -2.48. The Morgan fingerprint density at radius 1 is 1.06 bits per heavy atom. The quantitative estimate of drug-likeness (QED) is 0.214. The zero-order valence-electron chi connectivity index (χ0n) is 19.8. The fourth-order valence-corrected chi connectivity index (χ4v) is 4.71. The summed E-state index contributed by atoms with van der Waals surface area (Å²) in [5.41, 5.74) is 0.0457. The molecule has 1 aliphatic heterocycles. The van der Waals surface area contributed by atoms with Crippen LogP contribution in [0.25, 0.3) is 0 Å². The molecule has 1 atom stereocenters. The highest BCUT2D eigenvalue weighted by Gasteiger charge is 2.55. The van der Waals surface area contributed by atoms with Crippen LogP contribution in [0.2, 0.25) is 10.0 Å². The number of anilines is 2. The molecule has 2 aromatic carbocycles. The van der Waals surface area contributed by atoms with Crippen LogP contribution in [-0.2, 0) is 0 Å². The molecule has 34 heavy (non-hydrogen) atoms. The summed E-state index contributed by atoms with van der Waals surface area (Å²) in [6.45, 7) is 6.38. The second-order valence-corrected chi connectivity index (χ2v) is 9.88. The fraction of sp³-hybridized carbons (Fsp3) is 0.440. The van der Waals surface area contributed by atoms with Crippen molar-refractivity contribution in [2.75, 3.05) is 16.8 Å². The minimum atomic E-state index is -0.992. The lowest BCUT2D eigenvalue weighted by atomic mass is 9.99. The summed E-state index contributed by atoms with van der Waals surface area (Å²) in [6, 6.07) is 12.4. The lowest BCUT2D eigenvalue weighted by molar-refractivity contribution is -0.0949. The molecular weight excluding hydrogens is 475 g/mol. The van der Waals surface area contributed by atoms with E-state index in [2.05, 4.69) is 12.2 Å². The number of rotatable bonds is 9. The second-order valence-electron chi connectivity index (χ2n) is 9.01. The van der Waals surface area contributed by atoms with Gasteiger partial charge in [0.1, 0.15) is 0 Å². The van der Waals surface area contributed by atoms with Gasteiger partial charge < -0.3 is 10.2 Å². The minimum Gasteiger partial charge on any atom is -0.315 e. The van der Waals surface area contributed by atoms with E-state index in [4.69, 9.17) is 23.2 Å². The van der Waals surface area contributed by atoms with Crippen molar-refractivity contribution in [3.05, 3.63) is 58.6 Å². The number of hydrogen-bond acceptors (Lipinski definition) is 3. The Morgan fingerprint density at radius 3 is 2.35 bits per heavy atom. The van der Waals surface area contributed by atoms with Gasteiger partial charge in [0.2, 0.25) is 0 Å². The van der Waals surface area contributed by atoms with Crippen LogP contribution in [0.1, 0.15) is 52.9 Å². The molecule has 1 heterocycles. The minimum absolute atomic E-state index is 0.289. The molecule has 2 N–H and O–H groups in total. The molecule has 0 aromatic heterocycles. The topological polar surface area (TPSA) is 76.1 Å². The molecule has 1 aliphatic rings. The first kappa shape index (κ1) is 26.1. The summed E-state index contributed by atoms with van der Waals surface area (Å²) >= 11 is 12.2. The summed E-state index contributed by atoms with van der Waals surface area (Å²) in [4.78, 5) is 29.8. The predicted molar refractivity (Wildman–Crippen MR) is 137 cm³/mol. The van der Waals surface area contributed by atoms with Gasteiger partial charge in [0.25, 0.3) is 0 Å². The monoisotopic (exact) mass is 506 g/mol. The highest BCUT2D eigenvalue weighted by atomic mass is 35.5. The fourth-order valence-electron chi connectivity index (χ4n) is 4.34. The number of nitrogens with zero attached hydrogens (tertiary/aromatic N) is 3. The Labute approximate surface area is 211 Å². The third-order valence-corrected chi connectivity index (χ3v) is 6.57. The maximum absolute atomic E-state index is 13.6. The number of amides is 4. The van der Waals surface area contributed by atoms with Gasteiger partial charge in [-0.05, 0) is 56.7 Å². The third-order valence-electron chi connectivity index (χ3n) is 6.10. The van der Waals surface area contributed by atoms with E-state index in [9.17, 15) is 14.8 Å². The number of carbonyl (C=O) groups is 2. The van der Waals surface area contributed by atoms with Crippen LogP contribution in [-0.4, -0.2) is 45.5 Å². The van der Waals surface area contributed by atoms with Gasteiger partial charge in [0.15, 0.2) is 6.17 Å². The molecule has 2 aromatic rings. The van der Waals surface area contributed by atoms with Gasteiger partial charge in [0, 0.05) is 28.0 Å². The van der Waals surface area contributed by atoms with E-state index in [1.54, 1.807) is 53.4 Å². The van der Waals surface area contributed by atoms with Crippen molar-refractivity contribution in [2.45, 2.75) is 64.6 Å². The first-order valence-corrected chi connectivity index (χ1v) is 12.3. The van der Waals surface area contributed by atoms with E-state index in [0.29, 0.717) is 33.0 Å². The van der Waals surface area contributed by atoms with Gasteiger partial charge >= 0.3 is 12.1 Å². The van der Waals surface area contributed by atoms with Crippen molar-refractivity contribution < 1.29 is 14.8 Å². The first-order chi connectivity index (χ1) is 16.2. The van der Waals surface area contributed by atoms with Crippen molar-refractivity contribution in [2.24, 2.45) is 0 Å². The Kier molecular flexibility index (Phi) is 8.68. The Morgan fingerprint density at radius 2 is 1.71 bits per heavy atom. The van der Waals surface area contributed by atoms with Crippen LogP contribution >= 0.6 is 23.2 Å². The van der Waals surface area contributed by atoms with Crippen LogP contribution in [0.5, 0.6) is 0 Å². The number of nitrogens with one attached hydrogen (secondary N) is 1. The molecule has 0 saturated carbocycles. The smallest absolute Gasteiger partial charge is 0.315 e. The first-order valence-electron chi connectivity index (χ1n) is 11.6. The summed E-state index contributed by atoms with van der Waals surface area (Å²) < 4.78 is 0. The Bertz CT molecular complexity index is 1020. The zero-order chi connectivity index (χ0) is 24.9. The normalized spacial score (nSPS) is 17.2. The van der Waals surface area contributed by atoms with Crippen molar-refractivity contribution >= 4 is 46.6 Å². The molecule has 4 amide bonds. The molecule has 3 rings (SSSR count). The number of halogens is 2. The molecule has 0 aliphatic carbocycles. The van der Waals surface area contributed by atoms with Crippen LogP contribution in [0, 0.1) is 0 Å². The lowest BCUT2D eigenvalue weighted by Gasteiger charge is -2.38. The van der Waals surface area contributed by atoms with Crippen LogP contribution < -0.4 is 10.2 Å². The highest BCUT2D eigenvalue weighted by molar-refractivity contribution is 6.31. The predicted octanol–water partition coefficient (Wildman–Crippen LogP) is 7.23. The molecule has 1 fully saturated rings. The van der Waals surface area contributed by atoms with Gasteiger partial charge in [-0.15, -0.1) is 0 Å².